The predicted molar refractivity (Wildman–Crippen MR) is 302 cm³/mol. The van der Waals surface area contributed by atoms with E-state index in [2.05, 4.69) is 36.7 Å². The Morgan fingerprint density at radius 1 is 0.178 bits per heavy atom. The zero-order valence-corrected chi connectivity index (χ0v) is 36.9. The Labute approximate surface area is 396 Å². The summed E-state index contributed by atoms with van der Waals surface area (Å²) in [5.74, 6) is 0. The van der Waals surface area contributed by atoms with E-state index in [4.69, 9.17) is 9.97 Å². The van der Waals surface area contributed by atoms with Crippen LogP contribution in [0.25, 0.3) is 302 Å². The lowest BCUT2D eigenvalue weighted by Gasteiger charge is -2.32. The number of hydrogen-bond donors (Lipinski definition) is 0. The fraction of sp³-hybridized carbons (Fsp3) is 0.0423. The van der Waals surface area contributed by atoms with Gasteiger partial charge in [-0.3, -0.25) is 9.97 Å². The monoisotopic (exact) mass is 886 g/mol. The lowest BCUT2D eigenvalue weighted by atomic mass is 9.68. The van der Waals surface area contributed by atoms with Gasteiger partial charge in [-0.1, -0.05) is 12.1 Å². The SMILES string of the molecule is c1cnc2c(c1)C1(c3cccnc3-2)C23c4c5c6c7c8c9c(c%10c%11c2c2c4c4c%12c5c5c6c6c8c8c%13c9c9c%10c%10c%11c%11c2c2c4c4c%12c%12c5c5c6c8c6c8c%13c9c9c%10c%10c%11c2c2c4c4c%12c5c6c5c8c9c%10c2c45)C713. The Kier molecular flexibility index (Phi) is 2.10. The summed E-state index contributed by atoms with van der Waals surface area (Å²) in [7, 11) is 0. The number of aromatic nitrogens is 2. The van der Waals surface area contributed by atoms with E-state index in [1.54, 1.807) is 313 Å². The Morgan fingerprint density at radius 2 is 0.329 bits per heavy atom. The molecular formula is C71H6N2. The lowest BCUT2D eigenvalue weighted by Crippen LogP contribution is -2.27. The van der Waals surface area contributed by atoms with E-state index in [1.165, 1.54) is 11.1 Å². The molecular weight excluding hydrogens is 881 g/mol. The summed E-state index contributed by atoms with van der Waals surface area (Å²) in [6, 6.07) is 9.74. The lowest BCUT2D eigenvalue weighted by molar-refractivity contribution is 0.728. The van der Waals surface area contributed by atoms with Crippen molar-refractivity contribution in [2.45, 2.75) is 16.2 Å². The topological polar surface area (TPSA) is 25.8 Å². The second-order valence-electron chi connectivity index (χ2n) is 26.8. The third kappa shape index (κ3) is 1.33. The first-order valence-electron chi connectivity index (χ1n) is 27.1. The van der Waals surface area contributed by atoms with Crippen molar-refractivity contribution in [3.63, 3.8) is 0 Å². The zero-order valence-electron chi connectivity index (χ0n) is 36.9. The van der Waals surface area contributed by atoms with Crippen molar-refractivity contribution in [3.8, 4) is 11.4 Å². The molecule has 0 amide bonds. The van der Waals surface area contributed by atoms with Gasteiger partial charge in [-0.15, -0.1) is 0 Å². The molecule has 0 saturated heterocycles. The third-order valence-electron chi connectivity index (χ3n) is 27.0. The maximum Gasteiger partial charge on any atom is 0.0931 e. The van der Waals surface area contributed by atoms with Crippen molar-refractivity contribution >= 4 is 291 Å². The predicted octanol–water partition coefficient (Wildman–Crippen LogP) is 18.1. The smallest absolute Gasteiger partial charge is 0.0931 e. The average Bonchev–Trinajstić information content (AvgIpc) is 2.79. The molecule has 300 valence electrons. The van der Waals surface area contributed by atoms with Gasteiger partial charge in [0.05, 0.1) is 27.6 Å². The summed E-state index contributed by atoms with van der Waals surface area (Å²) >= 11 is 0. The van der Waals surface area contributed by atoms with Crippen molar-refractivity contribution in [1.29, 1.82) is 0 Å². The van der Waals surface area contributed by atoms with Gasteiger partial charge in [0, 0.05) is 12.4 Å². The van der Waals surface area contributed by atoms with Crippen molar-refractivity contribution in [2.24, 2.45) is 0 Å². The minimum Gasteiger partial charge on any atom is -0.254 e. The number of nitrogens with zero attached hydrogens (tertiary/aromatic N) is 2. The largest absolute Gasteiger partial charge is 0.254 e. The van der Waals surface area contributed by atoms with Gasteiger partial charge in [-0.25, -0.2) is 0 Å². The average molecular weight is 887 g/mol. The van der Waals surface area contributed by atoms with Crippen LogP contribution in [0, 0.1) is 0 Å². The molecule has 3 spiro atoms. The highest BCUT2D eigenvalue weighted by Crippen LogP contribution is 2.98. The number of benzene rings is 18. The van der Waals surface area contributed by atoms with Crippen molar-refractivity contribution in [1.82, 2.24) is 9.97 Å². The molecule has 6 aliphatic carbocycles. The van der Waals surface area contributed by atoms with Crippen LogP contribution in [0.3, 0.4) is 0 Å². The van der Waals surface area contributed by atoms with Gasteiger partial charge in [-0.2, -0.15) is 0 Å². The Hall–Kier alpha value is -9.24. The molecule has 30 aromatic rings. The molecule has 0 atom stereocenters. The third-order valence-corrected chi connectivity index (χ3v) is 27.0. The van der Waals surface area contributed by atoms with Crippen molar-refractivity contribution < 1.29 is 0 Å². The minimum absolute atomic E-state index is 0.364. The molecule has 0 aliphatic heterocycles. The zero-order chi connectivity index (χ0) is 43.0. The van der Waals surface area contributed by atoms with E-state index in [9.17, 15) is 0 Å². The first-order valence-corrected chi connectivity index (χ1v) is 27.1. The molecule has 1 fully saturated rings. The Morgan fingerprint density at radius 3 is 0.493 bits per heavy atom. The van der Waals surface area contributed by atoms with E-state index >= 15 is 0 Å². The molecule has 1 saturated carbocycles. The summed E-state index contributed by atoms with van der Waals surface area (Å²) in [5, 5.41) is 89.3. The molecule has 2 heteroatoms. The quantitative estimate of drug-likeness (QED) is 0.142. The highest BCUT2D eigenvalue weighted by molar-refractivity contribution is 6.82. The maximum absolute atomic E-state index is 5.50. The second-order valence-corrected chi connectivity index (χ2v) is 26.8. The molecule has 6 aliphatic rings. The van der Waals surface area contributed by atoms with Crippen LogP contribution in [0.5, 0.6) is 0 Å². The van der Waals surface area contributed by atoms with Crippen LogP contribution in [0.2, 0.25) is 0 Å². The summed E-state index contributed by atoms with van der Waals surface area (Å²) in [5.41, 5.74) is 10.9. The molecule has 36 rings (SSSR count). The summed E-state index contributed by atoms with van der Waals surface area (Å²) in [6.07, 6.45) is 4.15. The number of rotatable bonds is 0. The molecule has 0 bridgehead atoms. The van der Waals surface area contributed by atoms with Gasteiger partial charge in [-0.05, 0) is 336 Å². The molecule has 73 heavy (non-hydrogen) atoms. The van der Waals surface area contributed by atoms with Gasteiger partial charge in [0.2, 0.25) is 0 Å². The van der Waals surface area contributed by atoms with Gasteiger partial charge in [0.15, 0.2) is 0 Å². The molecule has 2 heterocycles. The van der Waals surface area contributed by atoms with Crippen LogP contribution in [-0.2, 0) is 16.2 Å². The van der Waals surface area contributed by atoms with Crippen LogP contribution in [-0.4, -0.2) is 9.97 Å². The second kappa shape index (κ2) is 5.82. The summed E-state index contributed by atoms with van der Waals surface area (Å²) < 4.78 is 0. The van der Waals surface area contributed by atoms with Gasteiger partial charge in [0.25, 0.3) is 0 Å². The van der Waals surface area contributed by atoms with Gasteiger partial charge in [0.1, 0.15) is 0 Å². The van der Waals surface area contributed by atoms with Crippen LogP contribution in [0.15, 0.2) is 36.7 Å². The van der Waals surface area contributed by atoms with Crippen molar-refractivity contribution in [3.05, 3.63) is 70.0 Å². The molecule has 2 aromatic heterocycles. The molecule has 0 unspecified atom stereocenters. The van der Waals surface area contributed by atoms with E-state index in [-0.39, 0.29) is 10.8 Å². The Bertz CT molecular complexity index is 7220. The van der Waals surface area contributed by atoms with E-state index in [1.807, 2.05) is 0 Å². The van der Waals surface area contributed by atoms with Crippen LogP contribution in [0.4, 0.5) is 0 Å². The number of pyridine rings is 2. The van der Waals surface area contributed by atoms with Crippen molar-refractivity contribution in [2.75, 3.05) is 0 Å². The first kappa shape index (κ1) is 26.3. The molecule has 0 radical (unpaired) electrons. The molecule has 28 aromatic carbocycles. The number of fused-ring (bicyclic) bond motifs is 5. The first-order chi connectivity index (χ1) is 36.4. The Balaban J connectivity index is 1.15. The summed E-state index contributed by atoms with van der Waals surface area (Å²) in [6.45, 7) is 0. The fourth-order valence-electron chi connectivity index (χ4n) is 27.3. The molecule has 0 N–H and O–H groups in total. The number of hydrogen-bond acceptors (Lipinski definition) is 2. The highest BCUT2D eigenvalue weighted by atomic mass is 15.0. The standard InChI is InChI=1S/C71H6N2/c1-3-7-67(72-5-1)68-8(4-2-6-73-68)69(7)70-63-55-47-37-27-19-11-9-10-13-17-15(11)23-31-25(17)35-29-21(13)22-14(10)18-16-12(9)20(19)28-34-24(16)32-26(18)36-30(22)40-39(29)49-43(35)53-45(31)51(41(47)33(23)27)59(63)61(53)65-57(49)58-50(40)44(36)54-46(32)52-42(34)48(38(28)37)56(55)64(70)60(52)62(54)66(58)71(65,69)70/h1-6H. The van der Waals surface area contributed by atoms with Gasteiger partial charge < -0.3 is 0 Å². The van der Waals surface area contributed by atoms with E-state index in [0.717, 1.165) is 11.4 Å². The normalized spacial score (nSPS) is 20.1. The van der Waals surface area contributed by atoms with E-state index < -0.39 is 5.41 Å². The van der Waals surface area contributed by atoms with E-state index in [0.29, 0.717) is 0 Å². The minimum atomic E-state index is -0.419. The highest BCUT2D eigenvalue weighted by Gasteiger charge is 2.96. The molecule has 2 nitrogen and oxygen atoms in total. The van der Waals surface area contributed by atoms with Gasteiger partial charge >= 0.3 is 0 Å². The van der Waals surface area contributed by atoms with Crippen LogP contribution < -0.4 is 0 Å². The fourth-order valence-corrected chi connectivity index (χ4v) is 27.3. The van der Waals surface area contributed by atoms with Crippen LogP contribution in [0.1, 0.15) is 33.4 Å². The van der Waals surface area contributed by atoms with Crippen LogP contribution >= 0.6 is 0 Å². The maximum atomic E-state index is 5.50. The summed E-state index contributed by atoms with van der Waals surface area (Å²) in [4.78, 5) is 11.0.